The lowest BCUT2D eigenvalue weighted by atomic mass is 9.98. The van der Waals surface area contributed by atoms with Crippen LogP contribution in [0.4, 0.5) is 0 Å². The maximum atomic E-state index is 12.1. The molecular weight excluding hydrogens is 314 g/mol. The summed E-state index contributed by atoms with van der Waals surface area (Å²) in [6.07, 6.45) is 2.02. The van der Waals surface area contributed by atoms with E-state index in [0.717, 1.165) is 18.6 Å². The van der Waals surface area contributed by atoms with Crippen LogP contribution in [-0.4, -0.2) is 43.1 Å². The quantitative estimate of drug-likeness (QED) is 0.792. The first-order chi connectivity index (χ1) is 10.9. The van der Waals surface area contributed by atoms with E-state index in [0.29, 0.717) is 18.2 Å². The van der Waals surface area contributed by atoms with E-state index in [-0.39, 0.29) is 18.4 Å². The van der Waals surface area contributed by atoms with Crippen molar-refractivity contribution in [2.45, 2.75) is 25.3 Å². The predicted octanol–water partition coefficient (Wildman–Crippen LogP) is 2.46. The number of nitrogens with zero attached hydrogens (tertiary/aromatic N) is 2. The molecule has 124 valence electrons. The molecule has 6 heteroatoms. The Bertz CT molecular complexity index is 580. The van der Waals surface area contributed by atoms with E-state index in [1.54, 1.807) is 19.1 Å². The number of halogens is 1. The van der Waals surface area contributed by atoms with E-state index in [1.807, 2.05) is 24.1 Å². The van der Waals surface area contributed by atoms with Gasteiger partial charge in [0.15, 0.2) is 0 Å². The maximum absolute atomic E-state index is 12.1. The zero-order valence-corrected chi connectivity index (χ0v) is 14.3. The standard InChI is InChI=1S/C17H22ClN3O2/c1-17(12-19,13-3-4-13)20-16(22)11-21(2)9-10-23-15-7-5-14(18)6-8-15/h5-8,13H,3-4,9-11H2,1-2H3,(H,20,22)/t17-/m0/s1. The highest BCUT2D eigenvalue weighted by Crippen LogP contribution is 2.39. The van der Waals surface area contributed by atoms with Crippen molar-refractivity contribution < 1.29 is 9.53 Å². The molecule has 0 heterocycles. The summed E-state index contributed by atoms with van der Waals surface area (Å²) in [4.78, 5) is 13.9. The molecule has 2 rings (SSSR count). The highest BCUT2D eigenvalue weighted by atomic mass is 35.5. The van der Waals surface area contributed by atoms with E-state index in [1.165, 1.54) is 0 Å². The number of rotatable bonds is 8. The minimum Gasteiger partial charge on any atom is -0.492 e. The number of carbonyl (C=O) groups is 1. The van der Waals surface area contributed by atoms with Crippen LogP contribution in [-0.2, 0) is 4.79 Å². The van der Waals surface area contributed by atoms with Crippen molar-refractivity contribution >= 4 is 17.5 Å². The highest BCUT2D eigenvalue weighted by molar-refractivity contribution is 6.30. The summed E-state index contributed by atoms with van der Waals surface area (Å²) in [7, 11) is 1.85. The Morgan fingerprint density at radius 3 is 2.70 bits per heavy atom. The molecule has 0 saturated heterocycles. The number of nitriles is 1. The summed E-state index contributed by atoms with van der Waals surface area (Å²) < 4.78 is 5.60. The fourth-order valence-corrected chi connectivity index (χ4v) is 2.51. The van der Waals surface area contributed by atoms with Crippen molar-refractivity contribution in [3.63, 3.8) is 0 Å². The minimum atomic E-state index is -0.738. The van der Waals surface area contributed by atoms with Gasteiger partial charge in [-0.3, -0.25) is 9.69 Å². The van der Waals surface area contributed by atoms with Crippen LogP contribution in [0.5, 0.6) is 5.75 Å². The van der Waals surface area contributed by atoms with Crippen LogP contribution in [0, 0.1) is 17.2 Å². The Kier molecular flexibility index (Phi) is 5.86. The molecule has 0 aliphatic heterocycles. The molecule has 0 unspecified atom stereocenters. The summed E-state index contributed by atoms with van der Waals surface area (Å²) in [6, 6.07) is 9.39. The van der Waals surface area contributed by atoms with Crippen molar-refractivity contribution in [1.82, 2.24) is 10.2 Å². The minimum absolute atomic E-state index is 0.130. The number of carbonyl (C=O) groups excluding carboxylic acids is 1. The van der Waals surface area contributed by atoms with E-state index in [4.69, 9.17) is 16.3 Å². The van der Waals surface area contributed by atoms with Gasteiger partial charge in [0, 0.05) is 11.6 Å². The van der Waals surface area contributed by atoms with Crippen LogP contribution in [0.2, 0.25) is 5.02 Å². The monoisotopic (exact) mass is 335 g/mol. The smallest absolute Gasteiger partial charge is 0.235 e. The first kappa shape index (κ1) is 17.6. The molecule has 1 aromatic rings. The molecule has 1 aliphatic rings. The molecule has 5 nitrogen and oxygen atoms in total. The molecule has 1 aliphatic carbocycles. The van der Waals surface area contributed by atoms with Crippen molar-refractivity contribution in [2.24, 2.45) is 5.92 Å². The SMILES string of the molecule is CN(CCOc1ccc(Cl)cc1)CC(=O)N[C@@](C)(C#N)C1CC1. The van der Waals surface area contributed by atoms with Crippen molar-refractivity contribution in [2.75, 3.05) is 26.7 Å². The second-order valence-electron chi connectivity index (χ2n) is 6.18. The molecule has 0 radical (unpaired) electrons. The third-order valence-corrected chi connectivity index (χ3v) is 4.25. The first-order valence-corrected chi connectivity index (χ1v) is 8.10. The molecule has 1 amide bonds. The van der Waals surface area contributed by atoms with Crippen LogP contribution in [0.15, 0.2) is 24.3 Å². The predicted molar refractivity (Wildman–Crippen MR) is 89.3 cm³/mol. The number of amides is 1. The van der Waals surface area contributed by atoms with Gasteiger partial charge in [0.2, 0.25) is 5.91 Å². The highest BCUT2D eigenvalue weighted by Gasteiger charge is 2.42. The maximum Gasteiger partial charge on any atom is 0.235 e. The molecule has 1 aromatic carbocycles. The van der Waals surface area contributed by atoms with E-state index < -0.39 is 5.54 Å². The summed E-state index contributed by atoms with van der Waals surface area (Å²) in [6.45, 7) is 3.13. The zero-order chi connectivity index (χ0) is 16.9. The van der Waals surface area contributed by atoms with Gasteiger partial charge in [0.1, 0.15) is 17.9 Å². The van der Waals surface area contributed by atoms with Gasteiger partial charge in [-0.1, -0.05) is 11.6 Å². The van der Waals surface area contributed by atoms with Gasteiger partial charge in [0.05, 0.1) is 12.6 Å². The summed E-state index contributed by atoms with van der Waals surface area (Å²) in [5.74, 6) is 0.906. The Morgan fingerprint density at radius 2 is 2.13 bits per heavy atom. The molecule has 1 N–H and O–H groups in total. The Balaban J connectivity index is 1.69. The van der Waals surface area contributed by atoms with Gasteiger partial charge in [-0.15, -0.1) is 0 Å². The third kappa shape index (κ3) is 5.42. The molecule has 0 spiro atoms. The number of benzene rings is 1. The number of hydrogen-bond acceptors (Lipinski definition) is 4. The molecule has 1 atom stereocenters. The molecular formula is C17H22ClN3O2. The lowest BCUT2D eigenvalue weighted by molar-refractivity contribution is -0.123. The van der Waals surface area contributed by atoms with E-state index in [2.05, 4.69) is 11.4 Å². The Hall–Kier alpha value is -1.77. The van der Waals surface area contributed by atoms with Crippen molar-refractivity contribution in [3.05, 3.63) is 29.3 Å². The second kappa shape index (κ2) is 7.67. The molecule has 0 bridgehead atoms. The Morgan fingerprint density at radius 1 is 1.48 bits per heavy atom. The van der Waals surface area contributed by atoms with Gasteiger partial charge < -0.3 is 10.1 Å². The number of ether oxygens (including phenoxy) is 1. The van der Waals surface area contributed by atoms with Gasteiger partial charge in [-0.05, 0) is 57.0 Å². The van der Waals surface area contributed by atoms with E-state index >= 15 is 0 Å². The summed E-state index contributed by atoms with van der Waals surface area (Å²) in [5.41, 5.74) is -0.738. The first-order valence-electron chi connectivity index (χ1n) is 7.72. The zero-order valence-electron chi connectivity index (χ0n) is 13.5. The van der Waals surface area contributed by atoms with Crippen LogP contribution in [0.25, 0.3) is 0 Å². The average Bonchev–Trinajstić information content (AvgIpc) is 3.34. The number of hydrogen-bond donors (Lipinski definition) is 1. The molecule has 1 saturated carbocycles. The molecule has 23 heavy (non-hydrogen) atoms. The number of likely N-dealkylation sites (N-methyl/N-ethyl adjacent to an activating group) is 1. The van der Waals surface area contributed by atoms with Crippen LogP contribution in [0.1, 0.15) is 19.8 Å². The Labute approximate surface area is 142 Å². The van der Waals surface area contributed by atoms with Gasteiger partial charge >= 0.3 is 0 Å². The van der Waals surface area contributed by atoms with Crippen LogP contribution in [0.3, 0.4) is 0 Å². The van der Waals surface area contributed by atoms with Gasteiger partial charge in [-0.25, -0.2) is 0 Å². The third-order valence-electron chi connectivity index (χ3n) is 3.99. The fraction of sp³-hybridized carbons (Fsp3) is 0.529. The second-order valence-corrected chi connectivity index (χ2v) is 6.61. The summed E-state index contributed by atoms with van der Waals surface area (Å²) >= 11 is 5.81. The van der Waals surface area contributed by atoms with E-state index in [9.17, 15) is 10.1 Å². The fourth-order valence-electron chi connectivity index (χ4n) is 2.39. The van der Waals surface area contributed by atoms with Crippen LogP contribution >= 0.6 is 11.6 Å². The van der Waals surface area contributed by atoms with Gasteiger partial charge in [0.25, 0.3) is 0 Å². The topological polar surface area (TPSA) is 65.4 Å². The largest absolute Gasteiger partial charge is 0.492 e. The number of nitrogens with one attached hydrogen (secondary N) is 1. The van der Waals surface area contributed by atoms with Gasteiger partial charge in [-0.2, -0.15) is 5.26 Å². The van der Waals surface area contributed by atoms with Crippen molar-refractivity contribution in [3.8, 4) is 11.8 Å². The normalized spacial score (nSPS) is 16.5. The molecule has 1 fully saturated rings. The van der Waals surface area contributed by atoms with Crippen LogP contribution < -0.4 is 10.1 Å². The lowest BCUT2D eigenvalue weighted by Crippen LogP contribution is -2.50. The average molecular weight is 336 g/mol. The van der Waals surface area contributed by atoms with Crippen molar-refractivity contribution in [1.29, 1.82) is 5.26 Å². The summed E-state index contributed by atoms with van der Waals surface area (Å²) in [5, 5.41) is 12.8. The lowest BCUT2D eigenvalue weighted by Gasteiger charge is -2.24. The molecule has 0 aromatic heterocycles.